The van der Waals surface area contributed by atoms with Crippen LogP contribution in [0.1, 0.15) is 55.1 Å². The van der Waals surface area contributed by atoms with Crippen LogP contribution in [0.2, 0.25) is 0 Å². The van der Waals surface area contributed by atoms with Crippen molar-refractivity contribution in [1.29, 1.82) is 0 Å². The molecular weight excluding hydrogens is 394 g/mol. The van der Waals surface area contributed by atoms with Gasteiger partial charge < -0.3 is 19.5 Å². The van der Waals surface area contributed by atoms with Crippen molar-refractivity contribution in [3.63, 3.8) is 0 Å². The van der Waals surface area contributed by atoms with E-state index in [1.54, 1.807) is 0 Å². The van der Waals surface area contributed by atoms with E-state index in [-0.39, 0.29) is 12.1 Å². The lowest BCUT2D eigenvalue weighted by molar-refractivity contribution is 0.0350. The van der Waals surface area contributed by atoms with Crippen LogP contribution in [0.4, 0.5) is 0 Å². The van der Waals surface area contributed by atoms with Gasteiger partial charge in [0.1, 0.15) is 0 Å². The molecular formula is C23H31N5OS. The first-order chi connectivity index (χ1) is 14.8. The van der Waals surface area contributed by atoms with Crippen molar-refractivity contribution < 1.29 is 4.74 Å². The van der Waals surface area contributed by atoms with Gasteiger partial charge in [-0.25, -0.2) is 0 Å². The van der Waals surface area contributed by atoms with Crippen LogP contribution in [0.5, 0.6) is 0 Å². The minimum absolute atomic E-state index is 0.0721. The molecule has 2 atom stereocenters. The van der Waals surface area contributed by atoms with Gasteiger partial charge in [0.25, 0.3) is 0 Å². The molecule has 2 saturated heterocycles. The molecule has 3 fully saturated rings. The van der Waals surface area contributed by atoms with E-state index >= 15 is 0 Å². The predicted molar refractivity (Wildman–Crippen MR) is 121 cm³/mol. The molecule has 1 aliphatic carbocycles. The fourth-order valence-electron chi connectivity index (χ4n) is 5.12. The van der Waals surface area contributed by atoms with Crippen LogP contribution < -0.4 is 5.32 Å². The van der Waals surface area contributed by atoms with Crippen molar-refractivity contribution in [2.24, 2.45) is 0 Å². The van der Waals surface area contributed by atoms with Crippen molar-refractivity contribution in [2.45, 2.75) is 43.8 Å². The number of nitrogens with one attached hydrogen (secondary N) is 1. The average molecular weight is 426 g/mol. The highest BCUT2D eigenvalue weighted by molar-refractivity contribution is 7.80. The lowest BCUT2D eigenvalue weighted by Gasteiger charge is -2.32. The molecule has 0 spiro atoms. The van der Waals surface area contributed by atoms with E-state index in [1.165, 1.54) is 31.2 Å². The summed E-state index contributed by atoms with van der Waals surface area (Å²) in [5.41, 5.74) is 2.37. The van der Waals surface area contributed by atoms with Gasteiger partial charge in [-0.2, -0.15) is 0 Å². The molecule has 0 unspecified atom stereocenters. The zero-order chi connectivity index (χ0) is 20.3. The van der Waals surface area contributed by atoms with Crippen LogP contribution in [0.25, 0.3) is 0 Å². The molecule has 30 heavy (non-hydrogen) atoms. The summed E-state index contributed by atoms with van der Waals surface area (Å²) in [6.45, 7) is 5.56. The molecule has 2 aromatic rings. The third-order valence-electron chi connectivity index (χ3n) is 6.78. The third kappa shape index (κ3) is 4.11. The summed E-state index contributed by atoms with van der Waals surface area (Å²) in [6.07, 6.45) is 11.8. The summed E-state index contributed by atoms with van der Waals surface area (Å²) < 4.78 is 7.93. The summed E-state index contributed by atoms with van der Waals surface area (Å²) in [7, 11) is 0. The molecule has 1 N–H and O–H groups in total. The number of pyridine rings is 1. The second-order valence-electron chi connectivity index (χ2n) is 8.60. The van der Waals surface area contributed by atoms with Crippen LogP contribution in [-0.2, 0) is 4.74 Å². The van der Waals surface area contributed by atoms with Crippen molar-refractivity contribution in [3.8, 4) is 0 Å². The Hall–Kier alpha value is -1.96. The lowest BCUT2D eigenvalue weighted by Crippen LogP contribution is -2.42. The molecule has 0 aromatic carbocycles. The zero-order valence-corrected chi connectivity index (χ0v) is 18.3. The molecule has 5 rings (SSSR count). The predicted octanol–water partition coefficient (Wildman–Crippen LogP) is 3.30. The molecule has 4 heterocycles. The van der Waals surface area contributed by atoms with E-state index in [9.17, 15) is 0 Å². The monoisotopic (exact) mass is 425 g/mol. The number of nitrogens with zero attached hydrogens (tertiary/aromatic N) is 4. The fraction of sp³-hybridized carbons (Fsp3) is 0.565. The number of thiocarbonyl (C=S) groups is 1. The van der Waals surface area contributed by atoms with Gasteiger partial charge in [-0.3, -0.25) is 9.88 Å². The van der Waals surface area contributed by atoms with Gasteiger partial charge >= 0.3 is 0 Å². The molecule has 2 aromatic heterocycles. The van der Waals surface area contributed by atoms with Crippen LogP contribution in [0, 0.1) is 0 Å². The first kappa shape index (κ1) is 20.0. The Kier molecular flexibility index (Phi) is 6.02. The first-order valence-electron chi connectivity index (χ1n) is 11.2. The van der Waals surface area contributed by atoms with E-state index in [4.69, 9.17) is 17.0 Å². The average Bonchev–Trinajstić information content (AvgIpc) is 3.53. The van der Waals surface area contributed by atoms with Gasteiger partial charge in [0.2, 0.25) is 0 Å². The van der Waals surface area contributed by atoms with Crippen molar-refractivity contribution in [2.75, 3.05) is 39.4 Å². The fourth-order valence-corrected chi connectivity index (χ4v) is 5.45. The third-order valence-corrected chi connectivity index (χ3v) is 7.14. The van der Waals surface area contributed by atoms with Crippen LogP contribution in [0.15, 0.2) is 42.9 Å². The molecule has 160 valence electrons. The Morgan fingerprint density at radius 1 is 1.10 bits per heavy atom. The van der Waals surface area contributed by atoms with Gasteiger partial charge in [0.05, 0.1) is 31.0 Å². The zero-order valence-electron chi connectivity index (χ0n) is 17.4. The molecule has 2 aliphatic heterocycles. The number of morpholine rings is 1. The lowest BCUT2D eigenvalue weighted by atomic mass is 9.99. The second-order valence-corrected chi connectivity index (χ2v) is 8.99. The highest BCUT2D eigenvalue weighted by Crippen LogP contribution is 2.39. The second kappa shape index (κ2) is 9.04. The number of hydrogen-bond donors (Lipinski definition) is 1. The quantitative estimate of drug-likeness (QED) is 0.717. The number of hydrogen-bond acceptors (Lipinski definition) is 4. The number of ether oxygens (including phenoxy) is 1. The smallest absolute Gasteiger partial charge is 0.170 e. The SMILES string of the molecule is S=C1N[C@H](c2ccccn2)[C@H](c2ccn(C3CCCC3)c2)N1CCN1CCOCC1. The highest BCUT2D eigenvalue weighted by atomic mass is 32.1. The van der Waals surface area contributed by atoms with E-state index in [1.807, 2.05) is 12.3 Å². The van der Waals surface area contributed by atoms with Gasteiger partial charge in [-0.05, 0) is 48.8 Å². The van der Waals surface area contributed by atoms with Crippen molar-refractivity contribution >= 4 is 17.3 Å². The highest BCUT2D eigenvalue weighted by Gasteiger charge is 2.40. The van der Waals surface area contributed by atoms with Crippen LogP contribution in [-0.4, -0.2) is 63.9 Å². The van der Waals surface area contributed by atoms with Gasteiger partial charge in [0.15, 0.2) is 5.11 Å². The summed E-state index contributed by atoms with van der Waals surface area (Å²) in [4.78, 5) is 9.50. The van der Waals surface area contributed by atoms with E-state index in [0.717, 1.165) is 50.2 Å². The number of aromatic nitrogens is 2. The molecule has 0 amide bonds. The van der Waals surface area contributed by atoms with Crippen LogP contribution in [0.3, 0.4) is 0 Å². The summed E-state index contributed by atoms with van der Waals surface area (Å²) in [6, 6.07) is 9.31. The standard InChI is InChI=1S/C23H31N5OS/c30-23-25-21(20-7-3-4-9-24-20)22(28(23)12-11-26-13-15-29-16-14-26)18-8-10-27(17-18)19-5-1-2-6-19/h3-4,7-10,17,19,21-22H,1-2,5-6,11-16H2,(H,25,30)/t21-,22+/m1/s1. The number of rotatable bonds is 6. The van der Waals surface area contributed by atoms with Crippen molar-refractivity contribution in [3.05, 3.63) is 54.1 Å². The molecule has 1 saturated carbocycles. The maximum absolute atomic E-state index is 5.81. The minimum atomic E-state index is 0.0721. The van der Waals surface area contributed by atoms with E-state index in [2.05, 4.69) is 55.3 Å². The normalized spacial score (nSPS) is 25.7. The molecule has 6 nitrogen and oxygen atoms in total. The van der Waals surface area contributed by atoms with Gasteiger partial charge in [0, 0.05) is 50.8 Å². The summed E-state index contributed by atoms with van der Waals surface area (Å²) in [5.74, 6) is 0. The van der Waals surface area contributed by atoms with Crippen LogP contribution >= 0.6 is 12.2 Å². The maximum atomic E-state index is 5.81. The minimum Gasteiger partial charge on any atom is -0.379 e. The summed E-state index contributed by atoms with van der Waals surface area (Å²) >= 11 is 5.81. The Bertz CT molecular complexity index is 844. The van der Waals surface area contributed by atoms with E-state index < -0.39 is 0 Å². The Morgan fingerprint density at radius 3 is 2.70 bits per heavy atom. The Labute approximate surface area is 184 Å². The summed E-state index contributed by atoms with van der Waals surface area (Å²) in [5, 5.41) is 4.41. The first-order valence-corrected chi connectivity index (χ1v) is 11.7. The Morgan fingerprint density at radius 2 is 1.93 bits per heavy atom. The van der Waals surface area contributed by atoms with Crippen molar-refractivity contribution in [1.82, 2.24) is 24.7 Å². The molecule has 0 radical (unpaired) electrons. The molecule has 7 heteroatoms. The maximum Gasteiger partial charge on any atom is 0.170 e. The Balaban J connectivity index is 1.40. The molecule has 3 aliphatic rings. The molecule has 0 bridgehead atoms. The largest absolute Gasteiger partial charge is 0.379 e. The van der Waals surface area contributed by atoms with Gasteiger partial charge in [-0.1, -0.05) is 18.9 Å². The van der Waals surface area contributed by atoms with Gasteiger partial charge in [-0.15, -0.1) is 0 Å². The topological polar surface area (TPSA) is 45.6 Å². The van der Waals surface area contributed by atoms with E-state index in [0.29, 0.717) is 6.04 Å².